The van der Waals surface area contributed by atoms with Crippen LogP contribution in [0, 0.1) is 11.1 Å². The van der Waals surface area contributed by atoms with Crippen molar-refractivity contribution in [1.29, 1.82) is 0 Å². The molecule has 2 aromatic carbocycles. The van der Waals surface area contributed by atoms with Crippen LogP contribution >= 0.6 is 23.2 Å². The highest BCUT2D eigenvalue weighted by molar-refractivity contribution is 7.92. The molecule has 0 bridgehead atoms. The van der Waals surface area contributed by atoms with E-state index in [0.717, 1.165) is 36.9 Å². The molecule has 1 N–H and O–H groups in total. The van der Waals surface area contributed by atoms with Crippen molar-refractivity contribution in [3.05, 3.63) is 87.4 Å². The van der Waals surface area contributed by atoms with E-state index < -0.39 is 28.7 Å². The first-order valence-electron chi connectivity index (χ1n) is 13.4. The topological polar surface area (TPSA) is 123 Å². The predicted molar refractivity (Wildman–Crippen MR) is 160 cm³/mol. The largest absolute Gasteiger partial charge is 0.619 e. The Bertz CT molecular complexity index is 1780. The quantitative estimate of drug-likeness (QED) is 0.107. The van der Waals surface area contributed by atoms with Crippen LogP contribution in [-0.4, -0.2) is 38.4 Å². The minimum atomic E-state index is -3.52. The summed E-state index contributed by atoms with van der Waals surface area (Å²) in [4.78, 5) is 13.4. The first-order valence-corrected chi connectivity index (χ1v) is 16.0. The van der Waals surface area contributed by atoms with E-state index in [0.29, 0.717) is 39.6 Å². The second-order valence-corrected chi connectivity index (χ2v) is 13.0. The molecule has 2 aromatic heterocycles. The number of hydrogen-bond acceptors (Lipinski definition) is 7. The van der Waals surface area contributed by atoms with E-state index in [1.807, 2.05) is 0 Å². The maximum Gasteiger partial charge on any atom is 0.387 e. The molecule has 1 aliphatic carbocycles. The predicted octanol–water partition coefficient (Wildman–Crippen LogP) is 5.87. The molecule has 1 unspecified atom stereocenters. The van der Waals surface area contributed by atoms with Gasteiger partial charge in [0.1, 0.15) is 22.7 Å². The van der Waals surface area contributed by atoms with Crippen LogP contribution in [0.25, 0.3) is 10.9 Å². The molecular weight excluding hydrogens is 643 g/mol. The number of carbonyl (C=O) groups is 1. The lowest BCUT2D eigenvalue weighted by Gasteiger charge is -2.22. The molecule has 0 amide bonds. The summed E-state index contributed by atoms with van der Waals surface area (Å²) in [5, 5.41) is 12.7. The van der Waals surface area contributed by atoms with Gasteiger partial charge in [0.25, 0.3) is 0 Å². The third kappa shape index (κ3) is 8.21. The number of hydrogen-bond donors (Lipinski definition) is 1. The average molecular weight is 671 g/mol. The number of nitrogens with one attached hydrogen (secondary N) is 1. The van der Waals surface area contributed by atoms with Gasteiger partial charge in [-0.25, -0.2) is 8.42 Å². The van der Waals surface area contributed by atoms with Crippen molar-refractivity contribution in [2.24, 2.45) is 5.92 Å². The zero-order chi connectivity index (χ0) is 31.6. The van der Waals surface area contributed by atoms with Gasteiger partial charge in [0.2, 0.25) is 10.0 Å². The van der Waals surface area contributed by atoms with E-state index in [-0.39, 0.29) is 34.5 Å². The van der Waals surface area contributed by atoms with Gasteiger partial charge in [-0.1, -0.05) is 35.3 Å². The van der Waals surface area contributed by atoms with Crippen molar-refractivity contribution >= 4 is 55.8 Å². The van der Waals surface area contributed by atoms with E-state index >= 15 is 0 Å². The molecule has 0 spiro atoms. The summed E-state index contributed by atoms with van der Waals surface area (Å²) in [7, 11) is -3.52. The molecule has 10 nitrogen and oxygen atoms in total. The van der Waals surface area contributed by atoms with E-state index in [9.17, 15) is 27.2 Å². The van der Waals surface area contributed by atoms with Crippen molar-refractivity contribution in [2.45, 2.75) is 38.5 Å². The summed E-state index contributed by atoms with van der Waals surface area (Å²) < 4.78 is 70.4. The van der Waals surface area contributed by atoms with Gasteiger partial charge in [0.15, 0.2) is 23.9 Å². The average Bonchev–Trinajstić information content (AvgIpc) is 3.68. The Labute approximate surface area is 261 Å². The van der Waals surface area contributed by atoms with Gasteiger partial charge in [-0.15, -0.1) is 0 Å². The van der Waals surface area contributed by atoms with Crippen LogP contribution in [0.3, 0.4) is 0 Å². The highest BCUT2D eigenvalue weighted by Gasteiger charge is 2.26. The van der Waals surface area contributed by atoms with Gasteiger partial charge in [-0.3, -0.25) is 9.52 Å². The van der Waals surface area contributed by atoms with E-state index in [4.69, 9.17) is 32.7 Å². The fourth-order valence-corrected chi connectivity index (χ4v) is 5.75. The molecule has 1 fully saturated rings. The molecule has 0 saturated heterocycles. The van der Waals surface area contributed by atoms with Crippen LogP contribution in [-0.2, 0) is 32.5 Å². The molecule has 1 aliphatic rings. The number of nitrogens with zero attached hydrogens (tertiary/aromatic N) is 2. The molecule has 234 valence electrons. The van der Waals surface area contributed by atoms with E-state index in [1.54, 1.807) is 35.0 Å². The van der Waals surface area contributed by atoms with Gasteiger partial charge >= 0.3 is 12.6 Å². The van der Waals surface area contributed by atoms with Crippen LogP contribution in [0.2, 0.25) is 10.0 Å². The summed E-state index contributed by atoms with van der Waals surface area (Å²) in [6.07, 6.45) is 5.75. The van der Waals surface area contributed by atoms with Gasteiger partial charge in [0, 0.05) is 18.2 Å². The van der Waals surface area contributed by atoms with Crippen LogP contribution in [0.5, 0.6) is 11.5 Å². The number of ether oxygens (including phenoxy) is 3. The fraction of sp³-hybridized carbons (Fsp3) is 0.310. The Morgan fingerprint density at radius 1 is 1.11 bits per heavy atom. The number of carbonyl (C=O) groups excluding carboxylic acids is 1. The summed E-state index contributed by atoms with van der Waals surface area (Å²) in [5.74, 6) is -0.475. The summed E-state index contributed by atoms with van der Waals surface area (Å²) >= 11 is 12.6. The number of benzene rings is 2. The summed E-state index contributed by atoms with van der Waals surface area (Å²) in [6, 6.07) is 10.9. The second-order valence-electron chi connectivity index (χ2n) is 10.4. The normalized spacial score (nSPS) is 14.0. The molecule has 1 saturated carbocycles. The first-order chi connectivity index (χ1) is 20.8. The fourth-order valence-electron chi connectivity index (χ4n) is 4.60. The Balaban J connectivity index is 1.45. The maximum atomic E-state index is 13.4. The molecule has 44 heavy (non-hydrogen) atoms. The molecular formula is C29H27Cl2F2N3O7S. The van der Waals surface area contributed by atoms with E-state index in [2.05, 4.69) is 9.46 Å². The number of esters is 1. The maximum absolute atomic E-state index is 13.4. The van der Waals surface area contributed by atoms with Gasteiger partial charge in [0.05, 0.1) is 24.1 Å². The number of fused-ring (bicyclic) bond motifs is 1. The van der Waals surface area contributed by atoms with Gasteiger partial charge < -0.3 is 24.0 Å². The number of sulfonamides is 1. The molecule has 0 aliphatic heterocycles. The summed E-state index contributed by atoms with van der Waals surface area (Å²) in [5.41, 5.74) is 1.61. The minimum absolute atomic E-state index is 0.0405. The Morgan fingerprint density at radius 2 is 1.84 bits per heavy atom. The Hall–Kier alpha value is -3.81. The van der Waals surface area contributed by atoms with Crippen LogP contribution in [0.15, 0.2) is 61.1 Å². The SMILES string of the molecule is CS(=O)(=O)Nc1ccc2ccn(CC(=O)OC(Cc3c(Cl)c[n+]([O-])cc3Cl)c3ccc(OC(F)F)c(OCC4CC4)c3)c2c1. The third-order valence-corrected chi connectivity index (χ3v) is 8.08. The van der Waals surface area contributed by atoms with Crippen LogP contribution < -0.4 is 18.9 Å². The van der Waals surface area contributed by atoms with Gasteiger partial charge in [-0.2, -0.15) is 13.5 Å². The first kappa shape index (κ1) is 31.6. The zero-order valence-electron chi connectivity index (χ0n) is 23.2. The minimum Gasteiger partial charge on any atom is -0.619 e. The lowest BCUT2D eigenvalue weighted by molar-refractivity contribution is -0.605. The molecule has 4 aromatic rings. The number of halogens is 4. The van der Waals surface area contributed by atoms with Gasteiger partial charge in [-0.05, 0) is 60.0 Å². The second kappa shape index (κ2) is 13.0. The number of alkyl halides is 2. The summed E-state index contributed by atoms with van der Waals surface area (Å²) in [6.45, 7) is -3.02. The third-order valence-electron chi connectivity index (χ3n) is 6.82. The van der Waals surface area contributed by atoms with Crippen molar-refractivity contribution in [1.82, 2.24) is 4.57 Å². The van der Waals surface area contributed by atoms with Crippen molar-refractivity contribution in [3.63, 3.8) is 0 Å². The highest BCUT2D eigenvalue weighted by Crippen LogP contribution is 2.38. The van der Waals surface area contributed by atoms with Crippen molar-refractivity contribution < 1.29 is 40.9 Å². The molecule has 1 atom stereocenters. The number of pyridine rings is 1. The molecule has 5 rings (SSSR count). The zero-order valence-corrected chi connectivity index (χ0v) is 25.5. The Morgan fingerprint density at radius 3 is 2.50 bits per heavy atom. The molecule has 0 radical (unpaired) electrons. The molecule has 15 heteroatoms. The van der Waals surface area contributed by atoms with E-state index in [1.165, 1.54) is 18.2 Å². The number of rotatable bonds is 13. The molecule has 2 heterocycles. The van der Waals surface area contributed by atoms with Crippen molar-refractivity contribution in [3.8, 4) is 11.5 Å². The number of anilines is 1. The van der Waals surface area contributed by atoms with Crippen LogP contribution in [0.4, 0.5) is 14.5 Å². The Kier molecular flexibility index (Phi) is 9.37. The standard InChI is InChI=1S/C29H27Cl2F2N3O7S/c1-44(39,40)34-20-6-4-18-8-9-35(24(18)11-20)15-28(37)42-26(12-21-22(30)13-36(38)14-23(21)31)19-5-7-25(43-29(32)33)27(10-19)41-16-17-2-3-17/h4-11,13-14,17,26,29,34H,2-3,12,15-16H2,1H3. The smallest absolute Gasteiger partial charge is 0.387 e. The number of aromatic nitrogens is 2. The van der Waals surface area contributed by atoms with Crippen LogP contribution in [0.1, 0.15) is 30.1 Å². The monoisotopic (exact) mass is 669 g/mol. The highest BCUT2D eigenvalue weighted by atomic mass is 35.5. The lowest BCUT2D eigenvalue weighted by atomic mass is 10.0. The lowest BCUT2D eigenvalue weighted by Crippen LogP contribution is -2.26. The van der Waals surface area contributed by atoms with Crippen molar-refractivity contribution in [2.75, 3.05) is 17.6 Å².